The Labute approximate surface area is 117 Å². The molecule has 1 amide bonds. The number of carbonyl (C=O) groups is 1. The van der Waals surface area contributed by atoms with Crippen LogP contribution in [0.4, 0.5) is 0 Å². The van der Waals surface area contributed by atoms with Crippen molar-refractivity contribution in [3.63, 3.8) is 0 Å². The first-order valence-electron chi connectivity index (χ1n) is 7.57. The smallest absolute Gasteiger partial charge is 0.254 e. The maximum atomic E-state index is 12.8. The van der Waals surface area contributed by atoms with Gasteiger partial charge in [0.2, 0.25) is 6.79 Å². The summed E-state index contributed by atoms with van der Waals surface area (Å²) in [6.07, 6.45) is 4.93. The average molecular weight is 271 g/mol. The molecule has 1 saturated heterocycles. The number of ether oxygens (including phenoxy) is 2. The van der Waals surface area contributed by atoms with Crippen molar-refractivity contribution in [3.8, 4) is 11.5 Å². The molecular weight excluding hydrogens is 254 g/mol. The van der Waals surface area contributed by atoms with Gasteiger partial charge in [-0.05, 0) is 42.9 Å². The van der Waals surface area contributed by atoms with Crippen molar-refractivity contribution in [3.05, 3.63) is 23.3 Å². The monoisotopic (exact) mass is 271 g/mol. The van der Waals surface area contributed by atoms with E-state index in [-0.39, 0.29) is 12.7 Å². The highest BCUT2D eigenvalue weighted by Crippen LogP contribution is 2.51. The summed E-state index contributed by atoms with van der Waals surface area (Å²) in [4.78, 5) is 14.9. The third kappa shape index (κ3) is 1.25. The third-order valence-corrected chi connectivity index (χ3v) is 5.52. The Balaban J connectivity index is 1.71. The van der Waals surface area contributed by atoms with E-state index in [1.54, 1.807) is 0 Å². The van der Waals surface area contributed by atoms with Crippen molar-refractivity contribution in [1.29, 1.82) is 0 Å². The second-order valence-electron chi connectivity index (χ2n) is 6.37. The molecule has 3 aliphatic heterocycles. The van der Waals surface area contributed by atoms with Gasteiger partial charge < -0.3 is 14.4 Å². The quantitative estimate of drug-likeness (QED) is 0.728. The molecule has 0 unspecified atom stereocenters. The minimum atomic E-state index is 0.198. The summed E-state index contributed by atoms with van der Waals surface area (Å²) in [6.45, 7) is 1.20. The van der Waals surface area contributed by atoms with E-state index in [1.807, 2.05) is 6.07 Å². The van der Waals surface area contributed by atoms with E-state index in [9.17, 15) is 4.79 Å². The molecule has 4 heteroatoms. The van der Waals surface area contributed by atoms with Crippen molar-refractivity contribution < 1.29 is 14.3 Å². The van der Waals surface area contributed by atoms with Gasteiger partial charge in [0, 0.05) is 24.1 Å². The fraction of sp³-hybridized carbons (Fsp3) is 0.562. The standard InChI is InChI=1S/C16H17NO3/c18-16-12-7-14-13(19-8-20-14)6-11(12)10-3-1-2-9-4-5-17(16)15(9)10/h6-7,9-10,15H,1-5,8H2/t9-,10+,15+/m1/s1. The SMILES string of the molecule is O=C1c2cc3c(cc2[C@@H]2CCC[C@@H]4CCN1[C@@H]42)OCO3. The average Bonchev–Trinajstić information content (AvgIpc) is 3.10. The first-order chi connectivity index (χ1) is 9.83. The second-order valence-corrected chi connectivity index (χ2v) is 6.37. The van der Waals surface area contributed by atoms with E-state index >= 15 is 0 Å². The summed E-state index contributed by atoms with van der Waals surface area (Å²) in [7, 11) is 0. The van der Waals surface area contributed by atoms with Gasteiger partial charge in [0.1, 0.15) is 0 Å². The lowest BCUT2D eigenvalue weighted by Crippen LogP contribution is -2.47. The van der Waals surface area contributed by atoms with Crippen LogP contribution >= 0.6 is 0 Å². The predicted octanol–water partition coefficient (Wildman–Crippen LogP) is 2.53. The van der Waals surface area contributed by atoms with Crippen LogP contribution in [0.15, 0.2) is 12.1 Å². The number of hydrogen-bond acceptors (Lipinski definition) is 3. The summed E-state index contributed by atoms with van der Waals surface area (Å²) in [5.74, 6) is 2.94. The minimum absolute atomic E-state index is 0.198. The first kappa shape index (κ1) is 11.0. The first-order valence-corrected chi connectivity index (χ1v) is 7.57. The lowest BCUT2D eigenvalue weighted by molar-refractivity contribution is 0.0619. The Morgan fingerprint density at radius 1 is 1.10 bits per heavy atom. The van der Waals surface area contributed by atoms with E-state index in [1.165, 1.54) is 31.2 Å². The Hall–Kier alpha value is -1.71. The molecule has 1 saturated carbocycles. The fourth-order valence-electron chi connectivity index (χ4n) is 4.69. The second kappa shape index (κ2) is 3.68. The molecule has 0 bridgehead atoms. The lowest BCUT2D eigenvalue weighted by Gasteiger charge is -2.43. The van der Waals surface area contributed by atoms with Gasteiger partial charge in [0.05, 0.1) is 0 Å². The Morgan fingerprint density at radius 2 is 1.95 bits per heavy atom. The third-order valence-electron chi connectivity index (χ3n) is 5.52. The van der Waals surface area contributed by atoms with E-state index < -0.39 is 0 Å². The summed E-state index contributed by atoms with van der Waals surface area (Å²) in [5.41, 5.74) is 2.05. The number of carbonyl (C=O) groups excluding carboxylic acids is 1. The summed E-state index contributed by atoms with van der Waals surface area (Å²) in [5, 5.41) is 0. The summed E-state index contributed by atoms with van der Waals surface area (Å²) < 4.78 is 10.9. The van der Waals surface area contributed by atoms with E-state index in [4.69, 9.17) is 9.47 Å². The van der Waals surface area contributed by atoms with Crippen LogP contribution in [0.1, 0.15) is 47.5 Å². The normalized spacial score (nSPS) is 33.1. The largest absolute Gasteiger partial charge is 0.454 e. The van der Waals surface area contributed by atoms with Crippen LogP contribution in [0.3, 0.4) is 0 Å². The summed E-state index contributed by atoms with van der Waals surface area (Å²) >= 11 is 0. The zero-order valence-electron chi connectivity index (χ0n) is 11.3. The molecule has 0 radical (unpaired) electrons. The lowest BCUT2D eigenvalue weighted by atomic mass is 9.71. The van der Waals surface area contributed by atoms with Gasteiger partial charge in [0.15, 0.2) is 11.5 Å². The molecule has 2 fully saturated rings. The van der Waals surface area contributed by atoms with Gasteiger partial charge in [-0.1, -0.05) is 6.42 Å². The van der Waals surface area contributed by atoms with Gasteiger partial charge in [-0.2, -0.15) is 0 Å². The van der Waals surface area contributed by atoms with Gasteiger partial charge in [-0.15, -0.1) is 0 Å². The number of benzene rings is 1. The van der Waals surface area contributed by atoms with Crippen molar-refractivity contribution in [2.75, 3.05) is 13.3 Å². The number of nitrogens with zero attached hydrogens (tertiary/aromatic N) is 1. The molecular formula is C16H17NO3. The van der Waals surface area contributed by atoms with Crippen LogP contribution < -0.4 is 9.47 Å². The summed E-state index contributed by atoms with van der Waals surface area (Å²) in [6, 6.07) is 4.40. The van der Waals surface area contributed by atoms with Crippen LogP contribution in [0.5, 0.6) is 11.5 Å². The molecule has 0 aromatic heterocycles. The van der Waals surface area contributed by atoms with Crippen LogP contribution in [0.25, 0.3) is 0 Å². The number of fused-ring (bicyclic) bond motifs is 3. The fourth-order valence-corrected chi connectivity index (χ4v) is 4.69. The highest BCUT2D eigenvalue weighted by atomic mass is 16.7. The predicted molar refractivity (Wildman–Crippen MR) is 72.1 cm³/mol. The number of hydrogen-bond donors (Lipinski definition) is 0. The van der Waals surface area contributed by atoms with Gasteiger partial charge >= 0.3 is 0 Å². The van der Waals surface area contributed by atoms with Crippen LogP contribution in [0.2, 0.25) is 0 Å². The van der Waals surface area contributed by atoms with Crippen LogP contribution in [0, 0.1) is 5.92 Å². The highest BCUT2D eigenvalue weighted by molar-refractivity contribution is 5.98. The Kier molecular flexibility index (Phi) is 2.03. The minimum Gasteiger partial charge on any atom is -0.454 e. The molecule has 5 rings (SSSR count). The highest BCUT2D eigenvalue weighted by Gasteiger charge is 2.49. The molecule has 4 nitrogen and oxygen atoms in total. The molecule has 1 aromatic carbocycles. The molecule has 104 valence electrons. The Bertz CT molecular complexity index is 612. The molecule has 1 aliphatic carbocycles. The van der Waals surface area contributed by atoms with Crippen molar-refractivity contribution >= 4 is 5.91 Å². The molecule has 3 atom stereocenters. The zero-order valence-corrected chi connectivity index (χ0v) is 11.3. The molecule has 4 aliphatic rings. The maximum absolute atomic E-state index is 12.8. The maximum Gasteiger partial charge on any atom is 0.254 e. The molecule has 3 heterocycles. The topological polar surface area (TPSA) is 38.8 Å². The molecule has 20 heavy (non-hydrogen) atoms. The van der Waals surface area contributed by atoms with Gasteiger partial charge in [-0.25, -0.2) is 0 Å². The van der Waals surface area contributed by atoms with Gasteiger partial charge in [-0.3, -0.25) is 4.79 Å². The molecule has 0 N–H and O–H groups in total. The van der Waals surface area contributed by atoms with E-state index in [2.05, 4.69) is 11.0 Å². The molecule has 1 aromatic rings. The van der Waals surface area contributed by atoms with Crippen molar-refractivity contribution in [2.24, 2.45) is 5.92 Å². The van der Waals surface area contributed by atoms with Gasteiger partial charge in [0.25, 0.3) is 5.91 Å². The van der Waals surface area contributed by atoms with E-state index in [0.29, 0.717) is 17.9 Å². The van der Waals surface area contributed by atoms with Crippen molar-refractivity contribution in [2.45, 2.75) is 37.6 Å². The number of amides is 1. The molecule has 0 spiro atoms. The zero-order chi connectivity index (χ0) is 13.3. The Morgan fingerprint density at radius 3 is 2.85 bits per heavy atom. The van der Waals surface area contributed by atoms with Crippen LogP contribution in [-0.2, 0) is 0 Å². The van der Waals surface area contributed by atoms with E-state index in [0.717, 1.165) is 23.6 Å². The van der Waals surface area contributed by atoms with Crippen molar-refractivity contribution in [1.82, 2.24) is 4.90 Å². The van der Waals surface area contributed by atoms with Crippen LogP contribution in [-0.4, -0.2) is 30.2 Å². The number of rotatable bonds is 0.